The van der Waals surface area contributed by atoms with Crippen LogP contribution in [0.2, 0.25) is 0 Å². The molecule has 0 bridgehead atoms. The summed E-state index contributed by atoms with van der Waals surface area (Å²) in [4.78, 5) is 2.72. The van der Waals surface area contributed by atoms with Gasteiger partial charge < -0.3 is 15.5 Å². The van der Waals surface area contributed by atoms with Crippen molar-refractivity contribution in [1.29, 1.82) is 0 Å². The van der Waals surface area contributed by atoms with Crippen molar-refractivity contribution in [3.8, 4) is 0 Å². The van der Waals surface area contributed by atoms with Crippen LogP contribution in [0.5, 0.6) is 0 Å². The average Bonchev–Trinajstić information content (AvgIpc) is 2.29. The van der Waals surface area contributed by atoms with Gasteiger partial charge in [0.1, 0.15) is 0 Å². The highest BCUT2D eigenvalue weighted by Crippen LogP contribution is 2.27. The third-order valence-electron chi connectivity index (χ3n) is 4.34. The Bertz CT molecular complexity index is 216. The molecule has 18 heavy (non-hydrogen) atoms. The van der Waals surface area contributed by atoms with Gasteiger partial charge in [-0.1, -0.05) is 13.3 Å². The smallest absolute Gasteiger partial charge is 0.00193 e. The van der Waals surface area contributed by atoms with E-state index in [0.29, 0.717) is 0 Å². The molecule has 0 aromatic carbocycles. The highest BCUT2D eigenvalue weighted by atomic mass is 15.1. The Morgan fingerprint density at radius 2 is 1.78 bits per heavy atom. The van der Waals surface area contributed by atoms with Crippen LogP contribution >= 0.6 is 0 Å². The summed E-state index contributed by atoms with van der Waals surface area (Å²) in [5, 5.41) is 7.14. The topological polar surface area (TPSA) is 27.3 Å². The number of nitrogens with one attached hydrogen (secondary N) is 2. The Kier molecular flexibility index (Phi) is 6.46. The first-order chi connectivity index (χ1) is 8.84. The summed E-state index contributed by atoms with van der Waals surface area (Å²) in [6, 6.07) is 0. The van der Waals surface area contributed by atoms with Crippen molar-refractivity contribution in [2.75, 3.05) is 45.8 Å². The van der Waals surface area contributed by atoms with Crippen molar-refractivity contribution in [2.24, 2.45) is 11.8 Å². The zero-order valence-electron chi connectivity index (χ0n) is 12.1. The van der Waals surface area contributed by atoms with E-state index in [1.165, 1.54) is 77.9 Å². The van der Waals surface area contributed by atoms with E-state index >= 15 is 0 Å². The van der Waals surface area contributed by atoms with Crippen LogP contribution in [-0.4, -0.2) is 50.7 Å². The van der Waals surface area contributed by atoms with Crippen molar-refractivity contribution in [3.63, 3.8) is 0 Å². The van der Waals surface area contributed by atoms with Crippen molar-refractivity contribution in [3.05, 3.63) is 0 Å². The van der Waals surface area contributed by atoms with Crippen LogP contribution in [0.3, 0.4) is 0 Å². The minimum absolute atomic E-state index is 0.789. The van der Waals surface area contributed by atoms with E-state index < -0.39 is 0 Å². The Labute approximate surface area is 113 Å². The first-order valence-corrected chi connectivity index (χ1v) is 7.98. The molecule has 2 aliphatic rings. The average molecular weight is 253 g/mol. The summed E-state index contributed by atoms with van der Waals surface area (Å²) in [6.07, 6.45) is 6.99. The van der Waals surface area contributed by atoms with Crippen LogP contribution < -0.4 is 10.6 Å². The monoisotopic (exact) mass is 253 g/mol. The highest BCUT2D eigenvalue weighted by Gasteiger charge is 2.21. The predicted molar refractivity (Wildman–Crippen MR) is 77.9 cm³/mol. The maximum Gasteiger partial charge on any atom is 0.00193 e. The number of hydrogen-bond donors (Lipinski definition) is 2. The van der Waals surface area contributed by atoms with Gasteiger partial charge in [-0.05, 0) is 70.2 Å². The number of rotatable bonds is 2. The Balaban J connectivity index is 1.75. The van der Waals surface area contributed by atoms with Gasteiger partial charge in [0.2, 0.25) is 0 Å². The second-order valence-corrected chi connectivity index (χ2v) is 6.32. The van der Waals surface area contributed by atoms with Gasteiger partial charge in [0, 0.05) is 13.1 Å². The van der Waals surface area contributed by atoms with Crippen LogP contribution in [0, 0.1) is 11.8 Å². The SMILES string of the molecule is CC1CNCCCNCCCN(CC2CCC2)C1. The molecule has 0 aromatic rings. The zero-order valence-corrected chi connectivity index (χ0v) is 12.1. The standard InChI is InChI=1S/C15H31N3/c1-14-11-17-8-3-7-16-9-4-10-18(12-14)13-15-5-2-6-15/h14-17H,2-13H2,1H3. The van der Waals surface area contributed by atoms with E-state index in [1.54, 1.807) is 0 Å². The molecule has 106 valence electrons. The molecule has 1 saturated carbocycles. The van der Waals surface area contributed by atoms with Gasteiger partial charge in [-0.3, -0.25) is 0 Å². The molecule has 1 saturated heterocycles. The van der Waals surface area contributed by atoms with Gasteiger partial charge >= 0.3 is 0 Å². The normalized spacial score (nSPS) is 30.2. The lowest BCUT2D eigenvalue weighted by Crippen LogP contribution is -2.40. The molecule has 1 atom stereocenters. The highest BCUT2D eigenvalue weighted by molar-refractivity contribution is 4.76. The van der Waals surface area contributed by atoms with E-state index in [4.69, 9.17) is 0 Å². The van der Waals surface area contributed by atoms with Crippen molar-refractivity contribution in [1.82, 2.24) is 15.5 Å². The largest absolute Gasteiger partial charge is 0.317 e. The Morgan fingerprint density at radius 1 is 1.00 bits per heavy atom. The van der Waals surface area contributed by atoms with Gasteiger partial charge in [-0.2, -0.15) is 0 Å². The number of nitrogens with zero attached hydrogens (tertiary/aromatic N) is 1. The van der Waals surface area contributed by atoms with E-state index in [-0.39, 0.29) is 0 Å². The molecule has 1 aliphatic carbocycles. The minimum atomic E-state index is 0.789. The lowest BCUT2D eigenvalue weighted by atomic mass is 9.85. The van der Waals surface area contributed by atoms with Crippen LogP contribution in [0.1, 0.15) is 39.0 Å². The fraction of sp³-hybridized carbons (Fsp3) is 1.00. The first kappa shape index (κ1) is 14.3. The summed E-state index contributed by atoms with van der Waals surface area (Å²) in [5.41, 5.74) is 0. The lowest BCUT2D eigenvalue weighted by molar-refractivity contribution is 0.157. The van der Waals surface area contributed by atoms with Gasteiger partial charge in [0.15, 0.2) is 0 Å². The van der Waals surface area contributed by atoms with Crippen LogP contribution in [-0.2, 0) is 0 Å². The first-order valence-electron chi connectivity index (χ1n) is 7.98. The van der Waals surface area contributed by atoms with Gasteiger partial charge in [0.05, 0.1) is 0 Å². The summed E-state index contributed by atoms with van der Waals surface area (Å²) >= 11 is 0. The van der Waals surface area contributed by atoms with E-state index in [0.717, 1.165) is 11.8 Å². The molecule has 2 rings (SSSR count). The van der Waals surface area contributed by atoms with Crippen molar-refractivity contribution < 1.29 is 0 Å². The van der Waals surface area contributed by atoms with E-state index in [2.05, 4.69) is 22.5 Å². The summed E-state index contributed by atoms with van der Waals surface area (Å²) in [7, 11) is 0. The molecule has 2 N–H and O–H groups in total. The van der Waals surface area contributed by atoms with Gasteiger partial charge in [-0.15, -0.1) is 0 Å². The molecule has 1 heterocycles. The maximum absolute atomic E-state index is 3.59. The third kappa shape index (κ3) is 5.25. The molecule has 3 nitrogen and oxygen atoms in total. The third-order valence-corrected chi connectivity index (χ3v) is 4.34. The molecule has 0 radical (unpaired) electrons. The molecule has 0 aromatic heterocycles. The quantitative estimate of drug-likeness (QED) is 0.784. The van der Waals surface area contributed by atoms with E-state index in [9.17, 15) is 0 Å². The molecule has 0 amide bonds. The molecule has 2 fully saturated rings. The Hall–Kier alpha value is -0.120. The fourth-order valence-electron chi connectivity index (χ4n) is 3.04. The predicted octanol–water partition coefficient (Wildman–Crippen LogP) is 1.70. The van der Waals surface area contributed by atoms with Crippen molar-refractivity contribution >= 4 is 0 Å². The summed E-state index contributed by atoms with van der Waals surface area (Å²) < 4.78 is 0. The Morgan fingerprint density at radius 3 is 2.56 bits per heavy atom. The fourth-order valence-corrected chi connectivity index (χ4v) is 3.04. The number of hydrogen-bond acceptors (Lipinski definition) is 3. The second-order valence-electron chi connectivity index (χ2n) is 6.32. The van der Waals surface area contributed by atoms with Gasteiger partial charge in [0.25, 0.3) is 0 Å². The summed E-state index contributed by atoms with van der Waals surface area (Å²) in [5.74, 6) is 1.79. The summed E-state index contributed by atoms with van der Waals surface area (Å²) in [6.45, 7) is 11.0. The molecule has 3 heteroatoms. The maximum atomic E-state index is 3.59. The molecular weight excluding hydrogens is 222 g/mol. The molecular formula is C15H31N3. The second kappa shape index (κ2) is 8.13. The molecule has 1 aliphatic heterocycles. The molecule has 0 spiro atoms. The van der Waals surface area contributed by atoms with Crippen LogP contribution in [0.25, 0.3) is 0 Å². The van der Waals surface area contributed by atoms with Crippen molar-refractivity contribution in [2.45, 2.75) is 39.0 Å². The van der Waals surface area contributed by atoms with Crippen LogP contribution in [0.15, 0.2) is 0 Å². The lowest BCUT2D eigenvalue weighted by Gasteiger charge is -2.34. The minimum Gasteiger partial charge on any atom is -0.317 e. The zero-order chi connectivity index (χ0) is 12.6. The van der Waals surface area contributed by atoms with Crippen LogP contribution in [0.4, 0.5) is 0 Å². The molecule has 1 unspecified atom stereocenters. The van der Waals surface area contributed by atoms with E-state index in [1.807, 2.05) is 0 Å². The van der Waals surface area contributed by atoms with Gasteiger partial charge in [-0.25, -0.2) is 0 Å².